The molecule has 1 amide bonds. The third-order valence-electron chi connectivity index (χ3n) is 4.83. The van der Waals surface area contributed by atoms with Gasteiger partial charge in [-0.3, -0.25) is 9.36 Å². The quantitative estimate of drug-likeness (QED) is 0.525. The summed E-state index contributed by atoms with van der Waals surface area (Å²) in [6.07, 6.45) is 1.61. The summed E-state index contributed by atoms with van der Waals surface area (Å²) >= 11 is 7.67. The second-order valence-corrected chi connectivity index (χ2v) is 8.18. The fourth-order valence-electron chi connectivity index (χ4n) is 3.30. The molecule has 150 valence electrons. The number of carbonyl (C=O) groups is 1. The van der Waals surface area contributed by atoms with Crippen LogP contribution in [0.4, 0.5) is 0 Å². The highest BCUT2D eigenvalue weighted by Crippen LogP contribution is 2.29. The van der Waals surface area contributed by atoms with Gasteiger partial charge in [-0.25, -0.2) is 0 Å². The third kappa shape index (κ3) is 4.41. The molecule has 0 radical (unpaired) electrons. The number of methoxy groups -OCH3 is 1. The van der Waals surface area contributed by atoms with Crippen molar-refractivity contribution in [2.75, 3.05) is 26.0 Å². The number of ether oxygens (including phenoxy) is 1. The Hall–Kier alpha value is -2.51. The molecule has 1 aromatic heterocycles. The molecule has 8 heteroatoms. The lowest BCUT2D eigenvalue weighted by Gasteiger charge is -2.15. The molecule has 0 spiro atoms. The minimum Gasteiger partial charge on any atom is -0.497 e. The molecule has 1 saturated heterocycles. The van der Waals surface area contributed by atoms with Crippen LogP contribution in [0.1, 0.15) is 12.8 Å². The van der Waals surface area contributed by atoms with E-state index in [2.05, 4.69) is 10.2 Å². The maximum Gasteiger partial charge on any atom is 0.222 e. The van der Waals surface area contributed by atoms with Gasteiger partial charge in [0, 0.05) is 41.5 Å². The van der Waals surface area contributed by atoms with Gasteiger partial charge in [0.25, 0.3) is 0 Å². The van der Waals surface area contributed by atoms with E-state index < -0.39 is 0 Å². The van der Waals surface area contributed by atoms with Crippen LogP contribution < -0.4 is 4.74 Å². The van der Waals surface area contributed by atoms with Gasteiger partial charge in [0.1, 0.15) is 5.75 Å². The van der Waals surface area contributed by atoms with E-state index in [4.69, 9.17) is 16.3 Å². The summed E-state index contributed by atoms with van der Waals surface area (Å²) in [6, 6.07) is 15.3. The number of hydrogen-bond donors (Lipinski definition) is 0. The van der Waals surface area contributed by atoms with E-state index in [1.165, 1.54) is 0 Å². The molecule has 0 unspecified atom stereocenters. The van der Waals surface area contributed by atoms with Crippen LogP contribution in [0.25, 0.3) is 17.1 Å². The lowest BCUT2D eigenvalue weighted by Crippen LogP contribution is -2.27. The maximum atomic E-state index is 11.8. The molecule has 1 aliphatic heterocycles. The summed E-state index contributed by atoms with van der Waals surface area (Å²) in [5, 5.41) is 10.3. The predicted octanol–water partition coefficient (Wildman–Crippen LogP) is 4.31. The first-order valence-electron chi connectivity index (χ1n) is 9.42. The smallest absolute Gasteiger partial charge is 0.222 e. The van der Waals surface area contributed by atoms with Crippen molar-refractivity contribution in [1.29, 1.82) is 0 Å². The van der Waals surface area contributed by atoms with Crippen LogP contribution in [-0.2, 0) is 4.79 Å². The monoisotopic (exact) mass is 428 g/mol. The summed E-state index contributed by atoms with van der Waals surface area (Å²) in [7, 11) is 1.64. The van der Waals surface area contributed by atoms with Gasteiger partial charge in [-0.15, -0.1) is 10.2 Å². The second kappa shape index (κ2) is 8.88. The Labute approximate surface area is 178 Å². The number of thioether (sulfide) groups is 1. The van der Waals surface area contributed by atoms with Crippen LogP contribution >= 0.6 is 23.4 Å². The lowest BCUT2D eigenvalue weighted by atomic mass is 10.2. The zero-order valence-electron chi connectivity index (χ0n) is 16.0. The molecule has 2 heterocycles. The molecule has 0 saturated carbocycles. The average Bonchev–Trinajstić information content (AvgIpc) is 3.35. The number of aromatic nitrogens is 3. The van der Waals surface area contributed by atoms with Crippen molar-refractivity contribution < 1.29 is 9.53 Å². The van der Waals surface area contributed by atoms with Crippen molar-refractivity contribution in [1.82, 2.24) is 19.7 Å². The molecule has 4 rings (SSSR count). The standard InChI is InChI=1S/C21H21ClN4O2S/c1-28-18-10-4-15(5-11-18)20-23-24-21(26(20)17-8-6-16(22)7-9-17)29-14-13-25-12-2-3-19(25)27/h4-11H,2-3,12-14H2,1H3. The first kappa shape index (κ1) is 19.8. The van der Waals surface area contributed by atoms with Gasteiger partial charge in [-0.1, -0.05) is 23.4 Å². The van der Waals surface area contributed by atoms with Gasteiger partial charge >= 0.3 is 0 Å². The average molecular weight is 429 g/mol. The van der Waals surface area contributed by atoms with E-state index >= 15 is 0 Å². The molecule has 0 N–H and O–H groups in total. The van der Waals surface area contributed by atoms with E-state index in [1.54, 1.807) is 18.9 Å². The van der Waals surface area contributed by atoms with E-state index in [-0.39, 0.29) is 5.91 Å². The number of likely N-dealkylation sites (tertiary alicyclic amines) is 1. The van der Waals surface area contributed by atoms with Gasteiger partial charge in [0.2, 0.25) is 5.91 Å². The fraction of sp³-hybridized carbons (Fsp3) is 0.286. The molecule has 0 atom stereocenters. The van der Waals surface area contributed by atoms with Crippen LogP contribution in [0.5, 0.6) is 5.75 Å². The second-order valence-electron chi connectivity index (χ2n) is 6.68. The Balaban J connectivity index is 1.62. The summed E-state index contributed by atoms with van der Waals surface area (Å²) in [6.45, 7) is 1.56. The van der Waals surface area contributed by atoms with Crippen LogP contribution in [0, 0.1) is 0 Å². The largest absolute Gasteiger partial charge is 0.497 e. The highest BCUT2D eigenvalue weighted by molar-refractivity contribution is 7.99. The van der Waals surface area contributed by atoms with Crippen LogP contribution in [0.3, 0.4) is 0 Å². The summed E-state index contributed by atoms with van der Waals surface area (Å²) in [4.78, 5) is 13.8. The normalized spacial score (nSPS) is 13.9. The molecule has 6 nitrogen and oxygen atoms in total. The fourth-order valence-corrected chi connectivity index (χ4v) is 4.34. The number of nitrogens with zero attached hydrogens (tertiary/aromatic N) is 4. The third-order valence-corrected chi connectivity index (χ3v) is 5.99. The van der Waals surface area contributed by atoms with E-state index in [0.717, 1.165) is 53.2 Å². The van der Waals surface area contributed by atoms with Gasteiger partial charge < -0.3 is 9.64 Å². The van der Waals surface area contributed by atoms with Crippen LogP contribution in [0.15, 0.2) is 53.7 Å². The van der Waals surface area contributed by atoms with Crippen molar-refractivity contribution in [3.05, 3.63) is 53.6 Å². The summed E-state index contributed by atoms with van der Waals surface area (Å²) in [5.74, 6) is 2.54. The minimum absolute atomic E-state index is 0.240. The highest BCUT2D eigenvalue weighted by atomic mass is 35.5. The van der Waals surface area contributed by atoms with Crippen LogP contribution in [0.2, 0.25) is 5.02 Å². The van der Waals surface area contributed by atoms with Crippen molar-refractivity contribution in [2.24, 2.45) is 0 Å². The van der Waals surface area contributed by atoms with E-state index in [1.807, 2.05) is 58.0 Å². The number of carbonyl (C=O) groups excluding carboxylic acids is 1. The molecule has 0 aliphatic carbocycles. The number of rotatable bonds is 7. The number of hydrogen-bond acceptors (Lipinski definition) is 5. The molecule has 3 aromatic rings. The van der Waals surface area contributed by atoms with Crippen molar-refractivity contribution in [3.63, 3.8) is 0 Å². The Bertz CT molecular complexity index is 989. The summed E-state index contributed by atoms with van der Waals surface area (Å²) in [5.41, 5.74) is 1.87. The van der Waals surface area contributed by atoms with E-state index in [0.29, 0.717) is 11.4 Å². The maximum absolute atomic E-state index is 11.8. The highest BCUT2D eigenvalue weighted by Gasteiger charge is 2.21. The SMILES string of the molecule is COc1ccc(-c2nnc(SCCN3CCCC3=O)n2-c2ccc(Cl)cc2)cc1. The predicted molar refractivity (Wildman–Crippen MR) is 115 cm³/mol. The Morgan fingerprint density at radius 1 is 1.10 bits per heavy atom. The van der Waals surface area contributed by atoms with Crippen LogP contribution in [-0.4, -0.2) is 51.5 Å². The van der Waals surface area contributed by atoms with Gasteiger partial charge in [-0.05, 0) is 55.0 Å². The molecule has 0 bridgehead atoms. The first-order valence-corrected chi connectivity index (χ1v) is 10.8. The molecule has 1 aliphatic rings. The molecular formula is C21H21ClN4O2S. The van der Waals surface area contributed by atoms with Crippen molar-refractivity contribution in [2.45, 2.75) is 18.0 Å². The topological polar surface area (TPSA) is 60.3 Å². The number of benzene rings is 2. The zero-order valence-corrected chi connectivity index (χ0v) is 17.6. The van der Waals surface area contributed by atoms with Gasteiger partial charge in [0.15, 0.2) is 11.0 Å². The van der Waals surface area contributed by atoms with Gasteiger partial charge in [-0.2, -0.15) is 0 Å². The molecule has 29 heavy (non-hydrogen) atoms. The number of halogens is 1. The van der Waals surface area contributed by atoms with Crippen molar-refractivity contribution >= 4 is 29.3 Å². The Morgan fingerprint density at radius 2 is 1.86 bits per heavy atom. The van der Waals surface area contributed by atoms with E-state index in [9.17, 15) is 4.79 Å². The van der Waals surface area contributed by atoms with Gasteiger partial charge in [0.05, 0.1) is 7.11 Å². The minimum atomic E-state index is 0.240. The molecular weight excluding hydrogens is 408 g/mol. The lowest BCUT2D eigenvalue weighted by molar-refractivity contribution is -0.127. The van der Waals surface area contributed by atoms with Crippen molar-refractivity contribution in [3.8, 4) is 22.8 Å². The zero-order chi connectivity index (χ0) is 20.2. The molecule has 2 aromatic carbocycles. The Kier molecular flexibility index (Phi) is 6.06. The number of amides is 1. The molecule has 1 fully saturated rings. The summed E-state index contributed by atoms with van der Waals surface area (Å²) < 4.78 is 7.28. The first-order chi connectivity index (χ1) is 14.2. The Morgan fingerprint density at radius 3 is 2.52 bits per heavy atom.